The Balaban J connectivity index is 1.81. The first-order chi connectivity index (χ1) is 13.9. The minimum Gasteiger partial charge on any atom is -0.346 e. The van der Waals surface area contributed by atoms with Crippen LogP contribution in [-0.2, 0) is 16.0 Å². The van der Waals surface area contributed by atoms with Gasteiger partial charge < -0.3 is 16.4 Å². The molecule has 0 aliphatic carbocycles. The fourth-order valence-electron chi connectivity index (χ4n) is 3.38. The maximum atomic E-state index is 12.3. The summed E-state index contributed by atoms with van der Waals surface area (Å²) in [7, 11) is 0. The molecule has 0 aliphatic rings. The Hall–Kier alpha value is -2.70. The summed E-state index contributed by atoms with van der Waals surface area (Å²) in [5, 5.41) is 5.61. The van der Waals surface area contributed by atoms with Crippen LogP contribution in [0.1, 0.15) is 22.3 Å². The van der Waals surface area contributed by atoms with Gasteiger partial charge in [-0.2, -0.15) is 0 Å². The van der Waals surface area contributed by atoms with E-state index < -0.39 is 0 Å². The van der Waals surface area contributed by atoms with Gasteiger partial charge in [-0.15, -0.1) is 0 Å². The van der Waals surface area contributed by atoms with Crippen LogP contribution in [0.4, 0.5) is 5.69 Å². The largest absolute Gasteiger partial charge is 0.346 e. The van der Waals surface area contributed by atoms with Crippen molar-refractivity contribution in [2.45, 2.75) is 27.2 Å². The Kier molecular flexibility index (Phi) is 8.83. The second kappa shape index (κ2) is 11.3. The number of benzene rings is 2. The number of hydrogen-bond donors (Lipinski definition) is 3. The van der Waals surface area contributed by atoms with Gasteiger partial charge in [0.05, 0.1) is 13.1 Å². The van der Waals surface area contributed by atoms with Crippen molar-refractivity contribution in [3.63, 3.8) is 0 Å². The third-order valence-electron chi connectivity index (χ3n) is 4.76. The van der Waals surface area contributed by atoms with E-state index >= 15 is 0 Å². The number of anilines is 1. The van der Waals surface area contributed by atoms with Crippen LogP contribution in [0.2, 0.25) is 0 Å². The van der Waals surface area contributed by atoms with Crippen LogP contribution in [-0.4, -0.2) is 49.4 Å². The van der Waals surface area contributed by atoms with Gasteiger partial charge in [0.25, 0.3) is 0 Å². The van der Waals surface area contributed by atoms with E-state index in [1.165, 1.54) is 5.56 Å². The molecule has 0 heterocycles. The lowest BCUT2D eigenvalue weighted by molar-refractivity contribution is -0.125. The average Bonchev–Trinajstić information content (AvgIpc) is 2.68. The molecule has 156 valence electrons. The van der Waals surface area contributed by atoms with Gasteiger partial charge in [-0.05, 0) is 43.9 Å². The normalized spacial score (nSPS) is 10.8. The van der Waals surface area contributed by atoms with Gasteiger partial charge in [0, 0.05) is 25.3 Å². The Bertz CT molecular complexity index is 798. The quantitative estimate of drug-likeness (QED) is 0.574. The molecule has 0 spiro atoms. The summed E-state index contributed by atoms with van der Waals surface area (Å²) < 4.78 is 0. The molecule has 0 unspecified atom stereocenters. The van der Waals surface area contributed by atoms with Crippen molar-refractivity contribution in [2.24, 2.45) is 5.73 Å². The molecule has 0 atom stereocenters. The number of hydrogen-bond acceptors (Lipinski definition) is 4. The van der Waals surface area contributed by atoms with Gasteiger partial charge >= 0.3 is 0 Å². The zero-order valence-corrected chi connectivity index (χ0v) is 17.6. The smallest absolute Gasteiger partial charge is 0.243 e. The van der Waals surface area contributed by atoms with Crippen LogP contribution in [0, 0.1) is 20.8 Å². The first-order valence-electron chi connectivity index (χ1n) is 9.99. The van der Waals surface area contributed by atoms with E-state index in [1.807, 2.05) is 56.0 Å². The molecule has 2 rings (SSSR count). The van der Waals surface area contributed by atoms with E-state index in [2.05, 4.69) is 22.8 Å². The zero-order valence-electron chi connectivity index (χ0n) is 17.6. The Morgan fingerprint density at radius 2 is 1.62 bits per heavy atom. The molecule has 0 saturated heterocycles. The van der Waals surface area contributed by atoms with Crippen molar-refractivity contribution in [3.8, 4) is 0 Å². The predicted molar refractivity (Wildman–Crippen MR) is 118 cm³/mol. The first-order valence-corrected chi connectivity index (χ1v) is 9.99. The molecular formula is C23H32N4O2. The van der Waals surface area contributed by atoms with Crippen LogP contribution in [0.5, 0.6) is 0 Å². The fourth-order valence-corrected chi connectivity index (χ4v) is 3.38. The summed E-state index contributed by atoms with van der Waals surface area (Å²) in [6.45, 7) is 7.97. The zero-order chi connectivity index (χ0) is 21.2. The lowest BCUT2D eigenvalue weighted by atomic mass is 10.1. The summed E-state index contributed by atoms with van der Waals surface area (Å²) in [6.07, 6.45) is 0.848. The molecule has 2 amide bonds. The molecular weight excluding hydrogens is 364 g/mol. The monoisotopic (exact) mass is 396 g/mol. The number of nitrogens with zero attached hydrogens (tertiary/aromatic N) is 1. The van der Waals surface area contributed by atoms with Crippen molar-refractivity contribution in [1.29, 1.82) is 0 Å². The average molecular weight is 397 g/mol. The molecule has 0 saturated carbocycles. The molecule has 4 N–H and O–H groups in total. The first kappa shape index (κ1) is 22.6. The van der Waals surface area contributed by atoms with Crippen molar-refractivity contribution < 1.29 is 9.59 Å². The minimum absolute atomic E-state index is 0.0548. The molecule has 29 heavy (non-hydrogen) atoms. The molecule has 0 radical (unpaired) electrons. The Morgan fingerprint density at radius 1 is 0.966 bits per heavy atom. The SMILES string of the molecule is Cc1cc(C)c(NC(=O)CNC(=O)CN(CCN)CCc2ccccc2)c(C)c1. The van der Waals surface area contributed by atoms with Gasteiger partial charge in [-0.3, -0.25) is 14.5 Å². The molecule has 0 aromatic heterocycles. The topological polar surface area (TPSA) is 87.5 Å². The molecule has 2 aromatic carbocycles. The van der Waals surface area contributed by atoms with Crippen LogP contribution in [0.3, 0.4) is 0 Å². The highest BCUT2D eigenvalue weighted by Crippen LogP contribution is 2.21. The van der Waals surface area contributed by atoms with Gasteiger partial charge in [-0.1, -0.05) is 48.0 Å². The highest BCUT2D eigenvalue weighted by atomic mass is 16.2. The summed E-state index contributed by atoms with van der Waals surface area (Å²) >= 11 is 0. The van der Waals surface area contributed by atoms with E-state index in [4.69, 9.17) is 5.73 Å². The van der Waals surface area contributed by atoms with Gasteiger partial charge in [0.1, 0.15) is 0 Å². The maximum Gasteiger partial charge on any atom is 0.243 e. The van der Waals surface area contributed by atoms with Crippen LogP contribution in [0.25, 0.3) is 0 Å². The summed E-state index contributed by atoms with van der Waals surface area (Å²) in [5.41, 5.74) is 10.9. The molecule has 6 heteroatoms. The number of carbonyl (C=O) groups is 2. The van der Waals surface area contributed by atoms with E-state index in [0.717, 1.165) is 35.3 Å². The second-order valence-corrected chi connectivity index (χ2v) is 7.40. The molecule has 6 nitrogen and oxygen atoms in total. The number of carbonyl (C=O) groups excluding carboxylic acids is 2. The van der Waals surface area contributed by atoms with Crippen molar-refractivity contribution >= 4 is 17.5 Å². The Labute approximate surface area is 173 Å². The second-order valence-electron chi connectivity index (χ2n) is 7.40. The van der Waals surface area contributed by atoms with Crippen molar-refractivity contribution in [1.82, 2.24) is 10.2 Å². The van der Waals surface area contributed by atoms with Crippen LogP contribution in [0.15, 0.2) is 42.5 Å². The molecule has 0 fully saturated rings. The number of nitrogens with two attached hydrogens (primary N) is 1. The van der Waals surface area contributed by atoms with Crippen molar-refractivity contribution in [3.05, 3.63) is 64.7 Å². The third kappa shape index (κ3) is 7.68. The molecule has 2 aromatic rings. The number of aryl methyl sites for hydroxylation is 3. The van der Waals surface area contributed by atoms with Crippen molar-refractivity contribution in [2.75, 3.05) is 38.0 Å². The van der Waals surface area contributed by atoms with Gasteiger partial charge in [0.2, 0.25) is 11.8 Å². The van der Waals surface area contributed by atoms with Crippen LogP contribution < -0.4 is 16.4 Å². The van der Waals surface area contributed by atoms with E-state index in [-0.39, 0.29) is 24.9 Å². The van der Waals surface area contributed by atoms with E-state index in [1.54, 1.807) is 0 Å². The maximum absolute atomic E-state index is 12.3. The minimum atomic E-state index is -0.233. The lowest BCUT2D eigenvalue weighted by Gasteiger charge is -2.21. The summed E-state index contributed by atoms with van der Waals surface area (Å²) in [4.78, 5) is 26.6. The van der Waals surface area contributed by atoms with E-state index in [9.17, 15) is 9.59 Å². The molecule has 0 aliphatic heterocycles. The molecule has 0 bridgehead atoms. The van der Waals surface area contributed by atoms with Gasteiger partial charge in [-0.25, -0.2) is 0 Å². The third-order valence-corrected chi connectivity index (χ3v) is 4.76. The van der Waals surface area contributed by atoms with Crippen LogP contribution >= 0.6 is 0 Å². The highest BCUT2D eigenvalue weighted by Gasteiger charge is 2.13. The number of nitrogens with one attached hydrogen (secondary N) is 2. The number of amides is 2. The van der Waals surface area contributed by atoms with E-state index in [0.29, 0.717) is 13.1 Å². The standard InChI is InChI=1S/C23H32N4O2/c1-17-13-18(2)23(19(3)14-17)26-21(28)15-25-22(29)16-27(12-10-24)11-9-20-7-5-4-6-8-20/h4-8,13-14H,9-12,15-16,24H2,1-3H3,(H,25,29)(H,26,28). The summed E-state index contributed by atoms with van der Waals surface area (Å²) in [6, 6.07) is 14.2. The Morgan fingerprint density at radius 3 is 2.24 bits per heavy atom. The van der Waals surface area contributed by atoms with Gasteiger partial charge in [0.15, 0.2) is 0 Å². The number of rotatable bonds is 10. The fraction of sp³-hybridized carbons (Fsp3) is 0.391. The highest BCUT2D eigenvalue weighted by molar-refractivity contribution is 5.96. The summed E-state index contributed by atoms with van der Waals surface area (Å²) in [5.74, 6) is -0.415. The predicted octanol–water partition coefficient (Wildman–Crippen LogP) is 2.17. The lowest BCUT2D eigenvalue weighted by Crippen LogP contribution is -2.42.